The topological polar surface area (TPSA) is 51.8 Å². The van der Waals surface area contributed by atoms with Crippen LogP contribution in [0.2, 0.25) is 0 Å². The third kappa shape index (κ3) is 6.71. The van der Waals surface area contributed by atoms with Gasteiger partial charge in [-0.05, 0) is 38.8 Å². The van der Waals surface area contributed by atoms with Gasteiger partial charge in [-0.25, -0.2) is 15.0 Å². The zero-order chi connectivity index (χ0) is 45.6. The molecule has 19 heteroatoms. The highest BCUT2D eigenvalue weighted by molar-refractivity contribution is 6.72. The van der Waals surface area contributed by atoms with Crippen molar-refractivity contribution in [3.63, 3.8) is 0 Å². The van der Waals surface area contributed by atoms with Crippen molar-refractivity contribution in [2.75, 3.05) is 0 Å². The molecule has 0 saturated carbocycles. The van der Waals surface area contributed by atoms with E-state index in [-0.39, 0.29) is 138 Å². The Bertz CT molecular complexity index is 3410. The van der Waals surface area contributed by atoms with E-state index in [0.29, 0.717) is 22.8 Å². The van der Waals surface area contributed by atoms with Gasteiger partial charge < -0.3 is 4.42 Å². The van der Waals surface area contributed by atoms with Gasteiger partial charge in [0, 0.05) is 27.5 Å². The molecule has 0 aliphatic carbocycles. The van der Waals surface area contributed by atoms with Crippen molar-refractivity contribution in [2.45, 2.75) is 0 Å². The number of fused-ring (bicyclic) bond motifs is 3. The highest BCUT2D eigenvalue weighted by atomic mass is 16.3. The summed E-state index contributed by atoms with van der Waals surface area (Å²) >= 11 is 0. The van der Waals surface area contributed by atoms with Gasteiger partial charge in [0.25, 0.3) is 0 Å². The first kappa shape index (κ1) is 43.6. The van der Waals surface area contributed by atoms with Crippen LogP contribution in [0.15, 0.2) is 89.3 Å². The third-order valence-electron chi connectivity index (χ3n) is 11.6. The molecular weight excluding hydrogens is 761 g/mol. The molecule has 0 aliphatic heterocycles. The molecule has 0 atom stereocenters. The van der Waals surface area contributed by atoms with Crippen molar-refractivity contribution in [2.24, 2.45) is 0 Å². The Morgan fingerprint density at radius 1 is 0.250 bits per heavy atom. The second-order valence-electron chi connectivity index (χ2n) is 15.2. The second kappa shape index (κ2) is 16.4. The maximum Gasteiger partial charge on any atom is 0.164 e. The third-order valence-corrected chi connectivity index (χ3v) is 11.6. The van der Waals surface area contributed by atoms with Crippen molar-refractivity contribution >= 4 is 222 Å². The number of nitrogens with zero attached hydrogens (tertiary/aromatic N) is 3. The smallest absolute Gasteiger partial charge is 0.164 e. The van der Waals surface area contributed by atoms with Crippen LogP contribution in [0.4, 0.5) is 0 Å². The van der Waals surface area contributed by atoms with Crippen LogP contribution in [0.1, 0.15) is 0 Å². The number of aromatic nitrogens is 3. The summed E-state index contributed by atoms with van der Waals surface area (Å²) in [7, 11) is 99.6. The highest BCUT2D eigenvalue weighted by Crippen LogP contribution is 2.30. The lowest BCUT2D eigenvalue weighted by Crippen LogP contribution is -2.56. The molecule has 260 valence electrons. The maximum absolute atomic E-state index is 7.09. The van der Waals surface area contributed by atoms with Crippen LogP contribution in [0.5, 0.6) is 0 Å². The molecule has 0 spiro atoms. The molecule has 0 fully saturated rings. The normalized spacial score (nSPS) is 11.4. The predicted molar refractivity (Wildman–Crippen MR) is 281 cm³/mol. The quantitative estimate of drug-likeness (QED) is 0.158. The Balaban J connectivity index is 1.28. The van der Waals surface area contributed by atoms with Gasteiger partial charge in [0.15, 0.2) is 17.5 Å². The molecule has 2 aromatic heterocycles. The zero-order valence-corrected chi connectivity index (χ0v) is 34.0. The SMILES string of the molecule is [B]c1c([B])c([B])c(-c2c([B])c([B])c3oc4c([B])c(-c5c([B])c([B])c([B])c(-c6nc(-c7ccccc7)nc(-c7ccc(-c8ccccc8)cc7)n6)c5[B])c([B])c([B])c4c3c2[B])c([B])c1[B]. The Labute approximate surface area is 391 Å². The number of furan rings is 1. The molecule has 4 nitrogen and oxygen atoms in total. The van der Waals surface area contributed by atoms with Crippen LogP contribution in [0.3, 0.4) is 0 Å². The lowest BCUT2D eigenvalue weighted by molar-refractivity contribution is 0.675. The lowest BCUT2D eigenvalue weighted by atomic mass is 9.57. The van der Waals surface area contributed by atoms with E-state index in [1.54, 1.807) is 0 Å². The van der Waals surface area contributed by atoms with Gasteiger partial charge >= 0.3 is 0 Å². The van der Waals surface area contributed by atoms with Gasteiger partial charge in [0.2, 0.25) is 0 Å². The maximum atomic E-state index is 7.09. The van der Waals surface area contributed by atoms with Gasteiger partial charge in [-0.3, -0.25) is 0 Å². The van der Waals surface area contributed by atoms with E-state index >= 15 is 0 Å². The van der Waals surface area contributed by atoms with Crippen molar-refractivity contribution in [3.8, 4) is 67.5 Å². The highest BCUT2D eigenvalue weighted by Gasteiger charge is 2.27. The van der Waals surface area contributed by atoms with Gasteiger partial charge in [-0.15, -0.1) is 21.9 Å². The summed E-state index contributed by atoms with van der Waals surface area (Å²) in [4.78, 5) is 14.6. The fourth-order valence-electron chi connectivity index (χ4n) is 8.15. The van der Waals surface area contributed by atoms with Gasteiger partial charge in [0.05, 0.1) is 0 Å². The second-order valence-corrected chi connectivity index (χ2v) is 15.2. The molecule has 7 aromatic carbocycles. The molecule has 9 rings (SSSR count). The molecule has 9 aromatic rings. The molecule has 2 heterocycles. The first-order valence-corrected chi connectivity index (χ1v) is 19.5. The molecule has 0 aliphatic rings. The summed E-state index contributed by atoms with van der Waals surface area (Å²) in [6, 6.07) is 27.1. The summed E-state index contributed by atoms with van der Waals surface area (Å²) < 4.78 is 6.36. The molecule has 0 bridgehead atoms. The summed E-state index contributed by atoms with van der Waals surface area (Å²) in [5, 5.41) is 0.370. The van der Waals surface area contributed by atoms with Gasteiger partial charge in [-0.2, -0.15) is 0 Å². The number of hydrogen-bond acceptors (Lipinski definition) is 4. The summed E-state index contributed by atoms with van der Waals surface area (Å²) in [6.07, 6.45) is 0. The number of hydrogen-bond donors (Lipinski definition) is 0. The fourth-order valence-corrected chi connectivity index (χ4v) is 8.15. The van der Waals surface area contributed by atoms with Gasteiger partial charge in [-0.1, -0.05) is 140 Å². The molecule has 0 unspecified atom stereocenters. The zero-order valence-electron chi connectivity index (χ0n) is 34.0. The van der Waals surface area contributed by atoms with Gasteiger partial charge in [0.1, 0.15) is 129 Å². The molecule has 0 N–H and O–H groups in total. The van der Waals surface area contributed by atoms with E-state index in [1.807, 2.05) is 84.9 Å². The van der Waals surface area contributed by atoms with Crippen molar-refractivity contribution in [3.05, 3.63) is 84.9 Å². The van der Waals surface area contributed by atoms with Crippen molar-refractivity contribution in [1.29, 1.82) is 0 Å². The average Bonchev–Trinajstić information content (AvgIpc) is 3.73. The Morgan fingerprint density at radius 3 is 1.14 bits per heavy atom. The summed E-state index contributed by atoms with van der Waals surface area (Å²) in [5.74, 6) is 0.741. The van der Waals surface area contributed by atoms with Crippen LogP contribution in [0.25, 0.3) is 89.5 Å². The molecule has 30 radical (unpaired) electrons. The fraction of sp³-hybridized carbons (Fsp3) is 0. The number of benzene rings is 7. The van der Waals surface area contributed by atoms with Crippen LogP contribution in [-0.4, -0.2) is 133 Å². The van der Waals surface area contributed by atoms with Crippen molar-refractivity contribution in [1.82, 2.24) is 15.0 Å². The van der Waals surface area contributed by atoms with E-state index in [9.17, 15) is 0 Å². The Morgan fingerprint density at radius 2 is 0.578 bits per heavy atom. The van der Waals surface area contributed by atoms with E-state index in [4.69, 9.17) is 137 Å². The first-order valence-electron chi connectivity index (χ1n) is 19.5. The molecule has 0 saturated heterocycles. The molecule has 0 amide bonds. The average molecular weight is 775 g/mol. The van der Waals surface area contributed by atoms with E-state index < -0.39 is 0 Å². The largest absolute Gasteiger partial charge is 0.457 e. The predicted octanol–water partition coefficient (Wildman–Crippen LogP) is -6.32. The van der Waals surface area contributed by atoms with E-state index in [2.05, 4.69) is 0 Å². The van der Waals surface area contributed by atoms with Crippen LogP contribution < -0.4 is 81.9 Å². The van der Waals surface area contributed by atoms with Crippen LogP contribution in [-0.2, 0) is 0 Å². The van der Waals surface area contributed by atoms with E-state index in [0.717, 1.165) is 11.1 Å². The Kier molecular flexibility index (Phi) is 11.2. The van der Waals surface area contributed by atoms with Crippen LogP contribution in [0, 0.1) is 0 Å². The van der Waals surface area contributed by atoms with E-state index in [1.165, 1.54) is 0 Å². The van der Waals surface area contributed by atoms with Crippen LogP contribution >= 0.6 is 0 Å². The lowest BCUT2D eigenvalue weighted by Gasteiger charge is -2.26. The molecular formula is C45H14B15N3O. The Hall–Kier alpha value is -5.68. The first-order chi connectivity index (χ1) is 30.5. The summed E-state index contributed by atoms with van der Waals surface area (Å²) in [5.41, 5.74) is 3.36. The molecule has 64 heavy (non-hydrogen) atoms. The standard InChI is InChI=1S/C45H14B15N3O/c46-26-19(21-30(50)37(57)39(59)38(58)31(21)51)32(52)40(60)42-23(26)24-33(53)28(48)22(35(55)41(24)64-42)20-27(47)25(34(54)36(56)29(20)49)45-62-43(17-9-5-2-6-10-17)61-44(63-45)18-13-11-16(12-14-18)15-7-3-1-4-8-15/h1-14H. The monoisotopic (exact) mass is 777 g/mol. The minimum atomic E-state index is -0.0719. The minimum absolute atomic E-state index is 0.00435. The van der Waals surface area contributed by atoms with Crippen molar-refractivity contribution < 1.29 is 4.42 Å². The number of rotatable bonds is 6. The minimum Gasteiger partial charge on any atom is -0.457 e. The summed E-state index contributed by atoms with van der Waals surface area (Å²) in [6.45, 7) is 0.